The number of aliphatic hydroxyl groups is 1. The fourth-order valence-electron chi connectivity index (χ4n) is 1.93. The van der Waals surface area contributed by atoms with Crippen LogP contribution in [-0.4, -0.2) is 33.9 Å². The fraction of sp³-hybridized carbons (Fsp3) is 0.538. The minimum absolute atomic E-state index is 0.0716. The number of nitrogens with zero attached hydrogens (tertiary/aromatic N) is 2. The summed E-state index contributed by atoms with van der Waals surface area (Å²) >= 11 is 1.41. The maximum atomic E-state index is 12.2. The Morgan fingerprint density at radius 1 is 1.58 bits per heavy atom. The largest absolute Gasteiger partial charge is 0.390 e. The van der Waals surface area contributed by atoms with Crippen molar-refractivity contribution >= 4 is 21.6 Å². The van der Waals surface area contributed by atoms with Crippen LogP contribution in [0.3, 0.4) is 0 Å². The van der Waals surface area contributed by atoms with Crippen molar-refractivity contribution in [3.05, 3.63) is 27.6 Å². The van der Waals surface area contributed by atoms with Crippen molar-refractivity contribution in [2.75, 3.05) is 13.1 Å². The highest BCUT2D eigenvalue weighted by Gasteiger charge is 2.11. The molecule has 0 aliphatic heterocycles. The topological polar surface area (TPSA) is 67.2 Å². The van der Waals surface area contributed by atoms with Gasteiger partial charge in [0, 0.05) is 6.54 Å². The molecule has 0 saturated heterocycles. The lowest BCUT2D eigenvalue weighted by Gasteiger charge is -2.12. The number of hydrogen-bond donors (Lipinski definition) is 2. The van der Waals surface area contributed by atoms with Gasteiger partial charge in [-0.1, -0.05) is 6.92 Å². The Kier molecular flexibility index (Phi) is 4.68. The van der Waals surface area contributed by atoms with Crippen molar-refractivity contribution < 1.29 is 5.11 Å². The molecule has 0 bridgehead atoms. The van der Waals surface area contributed by atoms with Gasteiger partial charge in [-0.3, -0.25) is 9.36 Å². The smallest absolute Gasteiger partial charge is 0.271 e. The van der Waals surface area contributed by atoms with Crippen LogP contribution >= 0.6 is 11.3 Å². The van der Waals surface area contributed by atoms with Gasteiger partial charge in [-0.2, -0.15) is 0 Å². The molecule has 6 heteroatoms. The lowest BCUT2D eigenvalue weighted by atomic mass is 10.3. The highest BCUT2D eigenvalue weighted by molar-refractivity contribution is 7.17. The first kappa shape index (κ1) is 14.2. The summed E-state index contributed by atoms with van der Waals surface area (Å²) < 4.78 is 2.14. The molecule has 104 valence electrons. The Labute approximate surface area is 115 Å². The predicted molar refractivity (Wildman–Crippen MR) is 77.8 cm³/mol. The van der Waals surface area contributed by atoms with Gasteiger partial charge in [0.15, 0.2) is 0 Å². The molecule has 2 aromatic rings. The summed E-state index contributed by atoms with van der Waals surface area (Å²) in [5.74, 6) is 0. The molecule has 2 heterocycles. The maximum Gasteiger partial charge on any atom is 0.271 e. The first-order chi connectivity index (χ1) is 9.13. The Morgan fingerprint density at radius 2 is 2.37 bits per heavy atom. The van der Waals surface area contributed by atoms with Crippen LogP contribution in [0.4, 0.5) is 0 Å². The molecule has 19 heavy (non-hydrogen) atoms. The van der Waals surface area contributed by atoms with Crippen LogP contribution in [0.1, 0.15) is 18.9 Å². The number of hydrogen-bond acceptors (Lipinski definition) is 5. The molecular formula is C13H19N3O2S. The Morgan fingerprint density at radius 3 is 3.11 bits per heavy atom. The van der Waals surface area contributed by atoms with Crippen LogP contribution in [0.25, 0.3) is 10.2 Å². The predicted octanol–water partition coefficient (Wildman–Crippen LogP) is 1.13. The van der Waals surface area contributed by atoms with Gasteiger partial charge in [0.2, 0.25) is 0 Å². The lowest BCUT2D eigenvalue weighted by molar-refractivity contribution is 0.150. The summed E-state index contributed by atoms with van der Waals surface area (Å²) in [5, 5.41) is 15.0. The number of rotatable bonds is 6. The highest BCUT2D eigenvalue weighted by atomic mass is 32.1. The molecule has 0 aliphatic carbocycles. The van der Waals surface area contributed by atoms with E-state index in [1.165, 1.54) is 22.2 Å². The van der Waals surface area contributed by atoms with Crippen molar-refractivity contribution in [3.8, 4) is 0 Å². The first-order valence-electron chi connectivity index (χ1n) is 6.45. The molecule has 5 nitrogen and oxygen atoms in total. The highest BCUT2D eigenvalue weighted by Crippen LogP contribution is 2.19. The first-order valence-corrected chi connectivity index (χ1v) is 7.33. The third-order valence-corrected chi connectivity index (χ3v) is 4.01. The van der Waals surface area contributed by atoms with E-state index in [1.54, 1.807) is 0 Å². The summed E-state index contributed by atoms with van der Waals surface area (Å²) in [4.78, 5) is 16.5. The van der Waals surface area contributed by atoms with E-state index >= 15 is 0 Å². The van der Waals surface area contributed by atoms with Gasteiger partial charge in [-0.05, 0) is 30.8 Å². The van der Waals surface area contributed by atoms with Crippen LogP contribution in [0.5, 0.6) is 0 Å². The molecule has 0 saturated carbocycles. The zero-order valence-electron chi connectivity index (χ0n) is 11.2. The van der Waals surface area contributed by atoms with E-state index in [2.05, 4.69) is 17.2 Å². The van der Waals surface area contributed by atoms with Crippen LogP contribution in [0, 0.1) is 6.92 Å². The molecule has 1 unspecified atom stereocenters. The minimum Gasteiger partial charge on any atom is -0.390 e. The Bertz CT molecular complexity index is 605. The van der Waals surface area contributed by atoms with Gasteiger partial charge in [0.05, 0.1) is 24.5 Å². The molecule has 0 spiro atoms. The van der Waals surface area contributed by atoms with Gasteiger partial charge in [0.1, 0.15) is 4.70 Å². The van der Waals surface area contributed by atoms with Gasteiger partial charge in [-0.15, -0.1) is 11.3 Å². The molecule has 0 aromatic carbocycles. The summed E-state index contributed by atoms with van der Waals surface area (Å²) in [6.07, 6.45) is 1.96. The molecule has 2 aromatic heterocycles. The van der Waals surface area contributed by atoms with E-state index in [9.17, 15) is 9.90 Å². The van der Waals surface area contributed by atoms with Crippen LogP contribution in [0.15, 0.2) is 16.5 Å². The number of aromatic nitrogens is 2. The van der Waals surface area contributed by atoms with E-state index in [1.807, 2.05) is 12.3 Å². The summed E-state index contributed by atoms with van der Waals surface area (Å²) in [5.41, 5.74) is 1.72. The number of thiophene rings is 1. The number of aryl methyl sites for hydroxylation is 1. The van der Waals surface area contributed by atoms with E-state index in [-0.39, 0.29) is 12.1 Å². The van der Waals surface area contributed by atoms with Crippen molar-refractivity contribution in [2.45, 2.75) is 32.9 Å². The second kappa shape index (κ2) is 6.27. The molecule has 2 rings (SSSR count). The second-order valence-corrected chi connectivity index (χ2v) is 5.54. The quantitative estimate of drug-likeness (QED) is 0.779. The van der Waals surface area contributed by atoms with Crippen molar-refractivity contribution in [1.82, 2.24) is 14.9 Å². The monoisotopic (exact) mass is 281 g/mol. The van der Waals surface area contributed by atoms with Gasteiger partial charge >= 0.3 is 0 Å². The van der Waals surface area contributed by atoms with Crippen LogP contribution < -0.4 is 10.9 Å². The molecule has 0 amide bonds. The van der Waals surface area contributed by atoms with Crippen molar-refractivity contribution in [1.29, 1.82) is 0 Å². The normalized spacial score (nSPS) is 13.0. The standard InChI is InChI=1S/C13H19N3O2S/c1-3-4-14-5-10(17)6-16-8-15-11-9(2)7-19-12(11)13(16)18/h7-8,10,14,17H,3-6H2,1-2H3. The molecule has 0 radical (unpaired) electrons. The number of nitrogens with one attached hydrogen (secondary N) is 1. The molecular weight excluding hydrogens is 262 g/mol. The SMILES string of the molecule is CCCNCC(O)Cn1cnc2c(C)csc2c1=O. The maximum absolute atomic E-state index is 12.2. The summed E-state index contributed by atoms with van der Waals surface area (Å²) in [7, 11) is 0. The minimum atomic E-state index is -0.579. The number of aliphatic hydroxyl groups excluding tert-OH is 1. The van der Waals surface area contributed by atoms with Gasteiger partial charge < -0.3 is 10.4 Å². The zero-order valence-corrected chi connectivity index (χ0v) is 12.0. The average molecular weight is 281 g/mol. The molecule has 0 fully saturated rings. The fourth-order valence-corrected chi connectivity index (χ4v) is 2.88. The molecule has 1 atom stereocenters. The Balaban J connectivity index is 2.13. The van der Waals surface area contributed by atoms with Crippen molar-refractivity contribution in [3.63, 3.8) is 0 Å². The summed E-state index contributed by atoms with van der Waals surface area (Å²) in [6, 6.07) is 0. The average Bonchev–Trinajstić information content (AvgIpc) is 2.76. The van der Waals surface area contributed by atoms with Gasteiger partial charge in [-0.25, -0.2) is 4.98 Å². The lowest BCUT2D eigenvalue weighted by Crippen LogP contribution is -2.34. The third-order valence-electron chi connectivity index (χ3n) is 2.94. The molecule has 2 N–H and O–H groups in total. The van der Waals surface area contributed by atoms with Crippen LogP contribution in [-0.2, 0) is 6.54 Å². The summed E-state index contributed by atoms with van der Waals surface area (Å²) in [6.45, 7) is 5.64. The van der Waals surface area contributed by atoms with E-state index < -0.39 is 6.10 Å². The Hall–Kier alpha value is -1.24. The zero-order chi connectivity index (χ0) is 13.8. The van der Waals surface area contributed by atoms with Crippen LogP contribution in [0.2, 0.25) is 0 Å². The van der Waals surface area contributed by atoms with Crippen molar-refractivity contribution in [2.24, 2.45) is 0 Å². The van der Waals surface area contributed by atoms with E-state index in [0.29, 0.717) is 11.2 Å². The van der Waals surface area contributed by atoms with E-state index in [0.717, 1.165) is 24.0 Å². The second-order valence-electron chi connectivity index (χ2n) is 4.66. The third kappa shape index (κ3) is 3.20. The van der Waals surface area contributed by atoms with Gasteiger partial charge in [0.25, 0.3) is 5.56 Å². The van der Waals surface area contributed by atoms with E-state index in [4.69, 9.17) is 0 Å². The number of fused-ring (bicyclic) bond motifs is 1. The molecule has 0 aliphatic rings.